The van der Waals surface area contributed by atoms with Crippen molar-refractivity contribution in [3.05, 3.63) is 35.4 Å². The minimum absolute atomic E-state index is 0. The molecule has 0 bridgehead atoms. The van der Waals surface area contributed by atoms with Crippen LogP contribution in [-0.2, 0) is 21.1 Å². The number of benzene rings is 1. The van der Waals surface area contributed by atoms with Crippen LogP contribution >= 0.6 is 24.2 Å². The van der Waals surface area contributed by atoms with E-state index in [4.69, 9.17) is 4.74 Å². The molecule has 0 aromatic heterocycles. The molecule has 146 valence electrons. The molecular formula is C17H22ClF3N2O2S. The summed E-state index contributed by atoms with van der Waals surface area (Å²) in [7, 11) is 0. The van der Waals surface area contributed by atoms with E-state index in [2.05, 4.69) is 10.6 Å². The fraction of sp³-hybridized carbons (Fsp3) is 0.588. The number of carbonyl (C=O) groups is 1. The number of amides is 1. The number of carbonyl (C=O) groups excluding carboxylic acids is 1. The van der Waals surface area contributed by atoms with Gasteiger partial charge in [0.1, 0.15) is 0 Å². The largest absolute Gasteiger partial charge is 0.416 e. The van der Waals surface area contributed by atoms with Crippen molar-refractivity contribution in [1.29, 1.82) is 0 Å². The summed E-state index contributed by atoms with van der Waals surface area (Å²) in [5.74, 6) is 1.36. The maximum absolute atomic E-state index is 13.1. The molecule has 1 unspecified atom stereocenters. The fourth-order valence-electron chi connectivity index (χ4n) is 3.30. The lowest BCUT2D eigenvalue weighted by Crippen LogP contribution is -2.49. The van der Waals surface area contributed by atoms with Gasteiger partial charge >= 0.3 is 6.18 Å². The summed E-state index contributed by atoms with van der Waals surface area (Å²) in [5, 5.41) is 6.04. The first-order valence-electron chi connectivity index (χ1n) is 8.25. The van der Waals surface area contributed by atoms with E-state index < -0.39 is 17.2 Å². The first-order chi connectivity index (χ1) is 11.9. The number of hydrogen-bond acceptors (Lipinski definition) is 4. The third-order valence-electron chi connectivity index (χ3n) is 4.89. The summed E-state index contributed by atoms with van der Waals surface area (Å²) >= 11 is 1.66. The summed E-state index contributed by atoms with van der Waals surface area (Å²) in [4.78, 5) is 12.3. The minimum atomic E-state index is -4.38. The number of alkyl halides is 3. The van der Waals surface area contributed by atoms with Crippen LogP contribution in [0.4, 0.5) is 13.2 Å². The third kappa shape index (κ3) is 4.85. The first-order valence-corrected chi connectivity index (χ1v) is 9.41. The summed E-state index contributed by atoms with van der Waals surface area (Å²) in [6, 6.07) is 5.21. The van der Waals surface area contributed by atoms with Crippen molar-refractivity contribution in [3.63, 3.8) is 0 Å². The molecule has 0 aliphatic carbocycles. The molecule has 2 aliphatic rings. The van der Waals surface area contributed by atoms with Gasteiger partial charge in [0.15, 0.2) is 0 Å². The standard InChI is InChI=1S/C17H21F3N2O2S.ClH/c18-17(19,20)13-3-1-2-12(8-13)16(4-6-24-7-5-16)10-21-15(23)14-9-25-11-22-14;/h1-3,8,14,22H,4-7,9-11H2,(H,21,23);1H. The van der Waals surface area contributed by atoms with E-state index in [1.165, 1.54) is 12.1 Å². The highest BCUT2D eigenvalue weighted by Crippen LogP contribution is 2.37. The molecule has 1 aromatic rings. The van der Waals surface area contributed by atoms with Crippen molar-refractivity contribution >= 4 is 30.1 Å². The van der Waals surface area contributed by atoms with Crippen molar-refractivity contribution < 1.29 is 22.7 Å². The van der Waals surface area contributed by atoms with Crippen LogP contribution in [0.5, 0.6) is 0 Å². The first kappa shape index (κ1) is 21.3. The fourth-order valence-corrected chi connectivity index (χ4v) is 4.24. The molecule has 26 heavy (non-hydrogen) atoms. The van der Waals surface area contributed by atoms with Gasteiger partial charge < -0.3 is 10.1 Å². The Morgan fingerprint density at radius 2 is 2.08 bits per heavy atom. The van der Waals surface area contributed by atoms with Gasteiger partial charge in [0, 0.05) is 36.8 Å². The summed E-state index contributed by atoms with van der Waals surface area (Å²) < 4.78 is 44.6. The average molecular weight is 411 g/mol. The molecule has 0 saturated carbocycles. The average Bonchev–Trinajstić information content (AvgIpc) is 3.15. The molecule has 2 fully saturated rings. The lowest BCUT2D eigenvalue weighted by Gasteiger charge is -2.38. The highest BCUT2D eigenvalue weighted by molar-refractivity contribution is 7.99. The summed E-state index contributed by atoms with van der Waals surface area (Å²) in [5.41, 5.74) is -0.572. The Bertz CT molecular complexity index is 618. The molecular weight excluding hydrogens is 389 g/mol. The van der Waals surface area contributed by atoms with E-state index in [-0.39, 0.29) is 24.4 Å². The van der Waals surface area contributed by atoms with Crippen molar-refractivity contribution in [2.75, 3.05) is 31.4 Å². The molecule has 1 aromatic carbocycles. The second kappa shape index (κ2) is 8.82. The van der Waals surface area contributed by atoms with E-state index in [9.17, 15) is 18.0 Å². The van der Waals surface area contributed by atoms with Crippen LogP contribution in [0.2, 0.25) is 0 Å². The minimum Gasteiger partial charge on any atom is -0.381 e. The maximum atomic E-state index is 13.1. The molecule has 0 radical (unpaired) electrons. The molecule has 1 atom stereocenters. The van der Waals surface area contributed by atoms with E-state index in [1.54, 1.807) is 17.8 Å². The Morgan fingerprint density at radius 3 is 2.69 bits per heavy atom. The monoisotopic (exact) mass is 410 g/mol. The predicted octanol–water partition coefficient (Wildman–Crippen LogP) is 2.95. The zero-order chi connectivity index (χ0) is 17.9. The van der Waals surface area contributed by atoms with Gasteiger partial charge in [-0.3, -0.25) is 10.1 Å². The Morgan fingerprint density at radius 1 is 1.35 bits per heavy atom. The van der Waals surface area contributed by atoms with E-state index >= 15 is 0 Å². The number of halogens is 4. The number of rotatable bonds is 4. The lowest BCUT2D eigenvalue weighted by atomic mass is 9.73. The van der Waals surface area contributed by atoms with Gasteiger partial charge in [-0.1, -0.05) is 18.2 Å². The van der Waals surface area contributed by atoms with Crippen LogP contribution in [0.1, 0.15) is 24.0 Å². The lowest BCUT2D eigenvalue weighted by molar-refractivity contribution is -0.137. The third-order valence-corrected chi connectivity index (χ3v) is 5.83. The van der Waals surface area contributed by atoms with Crippen LogP contribution < -0.4 is 10.6 Å². The topological polar surface area (TPSA) is 50.4 Å². The molecule has 2 saturated heterocycles. The van der Waals surface area contributed by atoms with E-state index in [1.807, 2.05) is 0 Å². The van der Waals surface area contributed by atoms with Crippen LogP contribution in [0.25, 0.3) is 0 Å². The Kier molecular flexibility index (Phi) is 7.24. The zero-order valence-electron chi connectivity index (χ0n) is 14.1. The number of hydrogen-bond donors (Lipinski definition) is 2. The Hall–Kier alpha value is -0.960. The van der Waals surface area contributed by atoms with Crippen LogP contribution in [0, 0.1) is 0 Å². The molecule has 2 aliphatic heterocycles. The number of ether oxygens (including phenoxy) is 1. The smallest absolute Gasteiger partial charge is 0.381 e. The summed E-state index contributed by atoms with van der Waals surface area (Å²) in [6.45, 7) is 1.27. The molecule has 2 heterocycles. The number of thioether (sulfide) groups is 1. The van der Waals surface area contributed by atoms with Gasteiger partial charge in [-0.2, -0.15) is 13.2 Å². The number of nitrogens with one attached hydrogen (secondary N) is 2. The van der Waals surface area contributed by atoms with Gasteiger partial charge in [0.2, 0.25) is 5.91 Å². The second-order valence-corrected chi connectivity index (χ2v) is 7.49. The van der Waals surface area contributed by atoms with Crippen LogP contribution in [0.3, 0.4) is 0 Å². The van der Waals surface area contributed by atoms with Crippen LogP contribution in [-0.4, -0.2) is 43.3 Å². The SMILES string of the molecule is Cl.O=C(NCC1(c2cccc(C(F)(F)F)c2)CCOCC1)C1CSCN1. The van der Waals surface area contributed by atoms with Crippen LogP contribution in [0.15, 0.2) is 24.3 Å². The van der Waals surface area contributed by atoms with Gasteiger partial charge in [-0.15, -0.1) is 24.2 Å². The molecule has 2 N–H and O–H groups in total. The quantitative estimate of drug-likeness (QED) is 0.801. The van der Waals surface area contributed by atoms with E-state index in [0.717, 1.165) is 11.9 Å². The molecule has 9 heteroatoms. The van der Waals surface area contributed by atoms with Crippen molar-refractivity contribution in [3.8, 4) is 0 Å². The van der Waals surface area contributed by atoms with Gasteiger partial charge in [0.25, 0.3) is 0 Å². The highest BCUT2D eigenvalue weighted by Gasteiger charge is 2.38. The maximum Gasteiger partial charge on any atom is 0.416 e. The van der Waals surface area contributed by atoms with Gasteiger partial charge in [0.05, 0.1) is 11.6 Å². The zero-order valence-corrected chi connectivity index (χ0v) is 15.7. The second-order valence-electron chi connectivity index (χ2n) is 6.46. The van der Waals surface area contributed by atoms with Crippen molar-refractivity contribution in [2.24, 2.45) is 0 Å². The molecule has 0 spiro atoms. The van der Waals surface area contributed by atoms with Crippen molar-refractivity contribution in [1.82, 2.24) is 10.6 Å². The van der Waals surface area contributed by atoms with Gasteiger partial charge in [-0.05, 0) is 24.5 Å². The normalized spacial score (nSPS) is 22.5. The Labute approximate surface area is 161 Å². The van der Waals surface area contributed by atoms with E-state index in [0.29, 0.717) is 43.9 Å². The summed E-state index contributed by atoms with van der Waals surface area (Å²) in [6.07, 6.45) is -3.21. The molecule has 3 rings (SSSR count). The molecule has 1 amide bonds. The molecule has 4 nitrogen and oxygen atoms in total. The predicted molar refractivity (Wildman–Crippen MR) is 97.7 cm³/mol. The highest BCUT2D eigenvalue weighted by atomic mass is 35.5. The van der Waals surface area contributed by atoms with Gasteiger partial charge in [-0.25, -0.2) is 0 Å². The Balaban J connectivity index is 0.00000243. The van der Waals surface area contributed by atoms with Crippen molar-refractivity contribution in [2.45, 2.75) is 30.5 Å².